The first-order valence-electron chi connectivity index (χ1n) is 6.59. The lowest BCUT2D eigenvalue weighted by Crippen LogP contribution is -2.34. The van der Waals surface area contributed by atoms with Crippen molar-refractivity contribution in [2.24, 2.45) is 11.7 Å². The van der Waals surface area contributed by atoms with Crippen LogP contribution in [0.3, 0.4) is 0 Å². The number of carbonyl (C=O) groups is 2. The van der Waals surface area contributed by atoms with Crippen LogP contribution in [0.5, 0.6) is 0 Å². The fourth-order valence-electron chi connectivity index (χ4n) is 1.87. The molecule has 0 aliphatic carbocycles. The van der Waals surface area contributed by atoms with E-state index in [0.717, 1.165) is 5.56 Å². The van der Waals surface area contributed by atoms with Crippen molar-refractivity contribution in [3.8, 4) is 0 Å². The minimum atomic E-state index is -0.797. The summed E-state index contributed by atoms with van der Waals surface area (Å²) in [6.45, 7) is 3.90. The summed E-state index contributed by atoms with van der Waals surface area (Å²) in [7, 11) is 0. The van der Waals surface area contributed by atoms with Crippen LogP contribution in [0.1, 0.15) is 31.1 Å². The summed E-state index contributed by atoms with van der Waals surface area (Å²) in [6.07, 6.45) is 0.370. The molecule has 1 rings (SSSR count). The molecule has 20 heavy (non-hydrogen) atoms. The van der Waals surface area contributed by atoms with Crippen molar-refractivity contribution < 1.29 is 9.59 Å². The maximum atomic E-state index is 12.1. The molecule has 0 heterocycles. The third kappa shape index (κ3) is 5.21. The third-order valence-electron chi connectivity index (χ3n) is 2.80. The number of hydrogen-bond acceptors (Lipinski definition) is 4. The van der Waals surface area contributed by atoms with Gasteiger partial charge in [0, 0.05) is 17.4 Å². The zero-order valence-corrected chi connectivity index (χ0v) is 13.5. The largest absolute Gasteiger partial charge is 0.368 e. The number of thioether (sulfide) groups is 1. The van der Waals surface area contributed by atoms with E-state index in [1.165, 1.54) is 11.8 Å². The van der Waals surface area contributed by atoms with Gasteiger partial charge in [0.15, 0.2) is 5.78 Å². The number of Topliss-reactive ketones (excluding diaryl/α,β-unsaturated/α-hetero) is 1. The molecular formula is C15H21NO2S2. The quantitative estimate of drug-likeness (QED) is 0.573. The minimum Gasteiger partial charge on any atom is -0.368 e. The molecule has 2 atom stereocenters. The molecule has 1 aromatic rings. The fraction of sp³-hybridized carbons (Fsp3) is 0.467. The van der Waals surface area contributed by atoms with Crippen molar-refractivity contribution in [2.75, 3.05) is 5.75 Å². The number of hydrogen-bond donors (Lipinski definition) is 2. The van der Waals surface area contributed by atoms with Crippen LogP contribution in [0.15, 0.2) is 30.3 Å². The SMILES string of the molecule is CC(C)CC(=O)[C@@H](SC(CS)c1ccccc1)C(N)=O. The molecule has 0 saturated carbocycles. The van der Waals surface area contributed by atoms with Gasteiger partial charge >= 0.3 is 0 Å². The first kappa shape index (κ1) is 17.1. The molecule has 3 nitrogen and oxygen atoms in total. The van der Waals surface area contributed by atoms with Crippen molar-refractivity contribution in [1.82, 2.24) is 0 Å². The highest BCUT2D eigenvalue weighted by molar-refractivity contribution is 8.02. The van der Waals surface area contributed by atoms with E-state index in [1.54, 1.807) is 0 Å². The molecule has 0 aliphatic rings. The van der Waals surface area contributed by atoms with Crippen LogP contribution in [0.2, 0.25) is 0 Å². The summed E-state index contributed by atoms with van der Waals surface area (Å²) < 4.78 is 0. The highest BCUT2D eigenvalue weighted by Gasteiger charge is 2.28. The minimum absolute atomic E-state index is 0.0202. The zero-order chi connectivity index (χ0) is 15.1. The first-order chi connectivity index (χ1) is 9.45. The fourth-order valence-corrected chi connectivity index (χ4v) is 3.45. The molecule has 0 saturated heterocycles. The standard InChI is InChI=1S/C15H21NO2S2/c1-10(2)8-12(17)14(15(16)18)20-13(9-19)11-6-4-3-5-7-11/h3-7,10,13-14,19H,8-9H2,1-2H3,(H2,16,18)/t13?,14-/m1/s1. The maximum Gasteiger partial charge on any atom is 0.238 e. The number of thiol groups is 1. The van der Waals surface area contributed by atoms with Crippen LogP contribution in [-0.2, 0) is 9.59 Å². The smallest absolute Gasteiger partial charge is 0.238 e. The van der Waals surface area contributed by atoms with E-state index in [9.17, 15) is 9.59 Å². The van der Waals surface area contributed by atoms with Gasteiger partial charge in [-0.3, -0.25) is 9.59 Å². The van der Waals surface area contributed by atoms with E-state index in [0.29, 0.717) is 12.2 Å². The lowest BCUT2D eigenvalue weighted by molar-refractivity contribution is -0.126. The summed E-state index contributed by atoms with van der Waals surface area (Å²) in [6, 6.07) is 9.74. The Labute approximate surface area is 130 Å². The second-order valence-electron chi connectivity index (χ2n) is 5.06. The topological polar surface area (TPSA) is 60.2 Å². The van der Waals surface area contributed by atoms with Crippen LogP contribution in [0.4, 0.5) is 0 Å². The number of benzene rings is 1. The number of primary amides is 1. The third-order valence-corrected chi connectivity index (χ3v) is 4.94. The summed E-state index contributed by atoms with van der Waals surface area (Å²) in [5.41, 5.74) is 6.44. The van der Waals surface area contributed by atoms with E-state index in [2.05, 4.69) is 12.6 Å². The molecule has 1 unspecified atom stereocenters. The van der Waals surface area contributed by atoms with E-state index >= 15 is 0 Å². The summed E-state index contributed by atoms with van der Waals surface area (Å²) in [4.78, 5) is 23.7. The number of amides is 1. The number of ketones is 1. The number of rotatable bonds is 8. The van der Waals surface area contributed by atoms with Gasteiger partial charge in [-0.05, 0) is 11.5 Å². The van der Waals surface area contributed by atoms with Crippen molar-refractivity contribution >= 4 is 36.1 Å². The van der Waals surface area contributed by atoms with Gasteiger partial charge in [-0.25, -0.2) is 0 Å². The Balaban J connectivity index is 2.83. The van der Waals surface area contributed by atoms with Gasteiger partial charge in [0.25, 0.3) is 0 Å². The second kappa shape index (κ2) is 8.37. The second-order valence-corrected chi connectivity index (χ2v) is 6.74. The molecule has 0 spiro atoms. The average molecular weight is 311 g/mol. The van der Waals surface area contributed by atoms with E-state index in [4.69, 9.17) is 5.73 Å². The molecule has 0 bridgehead atoms. The maximum absolute atomic E-state index is 12.1. The number of nitrogens with two attached hydrogens (primary N) is 1. The molecule has 5 heteroatoms. The van der Waals surface area contributed by atoms with Crippen LogP contribution in [-0.4, -0.2) is 22.7 Å². The molecule has 0 fully saturated rings. The highest BCUT2D eigenvalue weighted by atomic mass is 32.2. The zero-order valence-electron chi connectivity index (χ0n) is 11.8. The van der Waals surface area contributed by atoms with Crippen LogP contribution < -0.4 is 5.73 Å². The van der Waals surface area contributed by atoms with Gasteiger partial charge in [-0.1, -0.05) is 44.2 Å². The lowest BCUT2D eigenvalue weighted by atomic mass is 10.0. The van der Waals surface area contributed by atoms with Crippen molar-refractivity contribution in [3.63, 3.8) is 0 Å². The van der Waals surface area contributed by atoms with Crippen LogP contribution in [0, 0.1) is 5.92 Å². The Morgan fingerprint density at radius 1 is 1.25 bits per heavy atom. The normalized spacial score (nSPS) is 14.0. The number of carbonyl (C=O) groups excluding carboxylic acids is 2. The van der Waals surface area contributed by atoms with Gasteiger partial charge < -0.3 is 5.73 Å². The van der Waals surface area contributed by atoms with Gasteiger partial charge in [0.2, 0.25) is 5.91 Å². The molecular weight excluding hydrogens is 290 g/mol. The Morgan fingerprint density at radius 2 is 1.85 bits per heavy atom. The van der Waals surface area contributed by atoms with Gasteiger partial charge in [-0.2, -0.15) is 12.6 Å². The Hall–Kier alpha value is -0.940. The van der Waals surface area contributed by atoms with Crippen LogP contribution in [0.25, 0.3) is 0 Å². The van der Waals surface area contributed by atoms with Crippen LogP contribution >= 0.6 is 24.4 Å². The molecule has 110 valence electrons. The summed E-state index contributed by atoms with van der Waals surface area (Å²) >= 11 is 5.62. The molecule has 2 N–H and O–H groups in total. The molecule has 1 amide bonds. The Kier molecular flexibility index (Phi) is 7.16. The van der Waals surface area contributed by atoms with Crippen molar-refractivity contribution in [2.45, 2.75) is 30.8 Å². The molecule has 0 aromatic heterocycles. The predicted octanol–water partition coefficient (Wildman–Crippen LogP) is 2.86. The summed E-state index contributed by atoms with van der Waals surface area (Å²) in [5, 5.41) is -0.817. The molecule has 0 radical (unpaired) electrons. The molecule has 0 aliphatic heterocycles. The van der Waals surface area contributed by atoms with E-state index in [1.807, 2.05) is 44.2 Å². The summed E-state index contributed by atoms with van der Waals surface area (Å²) in [5.74, 6) is 0.104. The Bertz CT molecular complexity index is 448. The van der Waals surface area contributed by atoms with Crippen molar-refractivity contribution in [3.05, 3.63) is 35.9 Å². The first-order valence-corrected chi connectivity index (χ1v) is 8.16. The monoisotopic (exact) mass is 311 g/mol. The Morgan fingerprint density at radius 3 is 2.30 bits per heavy atom. The van der Waals surface area contributed by atoms with Crippen molar-refractivity contribution in [1.29, 1.82) is 0 Å². The van der Waals surface area contributed by atoms with Gasteiger partial charge in [-0.15, -0.1) is 11.8 Å². The average Bonchev–Trinajstić information content (AvgIpc) is 2.39. The highest BCUT2D eigenvalue weighted by Crippen LogP contribution is 2.34. The lowest BCUT2D eigenvalue weighted by Gasteiger charge is -2.20. The predicted molar refractivity (Wildman–Crippen MR) is 88.1 cm³/mol. The van der Waals surface area contributed by atoms with E-state index in [-0.39, 0.29) is 17.0 Å². The van der Waals surface area contributed by atoms with Gasteiger partial charge in [0.1, 0.15) is 5.25 Å². The molecule has 1 aromatic carbocycles. The van der Waals surface area contributed by atoms with Gasteiger partial charge in [0.05, 0.1) is 0 Å². The van der Waals surface area contributed by atoms with E-state index < -0.39 is 11.2 Å².